The van der Waals surface area contributed by atoms with Crippen molar-refractivity contribution in [3.63, 3.8) is 0 Å². The zero-order valence-electron chi connectivity index (χ0n) is 11.7. The van der Waals surface area contributed by atoms with Crippen molar-refractivity contribution < 1.29 is 13.9 Å². The molecule has 3 heteroatoms. The van der Waals surface area contributed by atoms with Gasteiger partial charge in [0, 0.05) is 17.4 Å². The van der Waals surface area contributed by atoms with Crippen molar-refractivity contribution in [2.45, 2.75) is 13.3 Å². The summed E-state index contributed by atoms with van der Waals surface area (Å²) in [5.41, 5.74) is 3.56. The van der Waals surface area contributed by atoms with Crippen LogP contribution in [0.5, 0.6) is 5.75 Å². The highest BCUT2D eigenvalue weighted by molar-refractivity contribution is 6.09. The average Bonchev–Trinajstić information content (AvgIpc) is 3.12. The number of para-hydroxylation sites is 1. The van der Waals surface area contributed by atoms with Crippen LogP contribution in [0.2, 0.25) is 0 Å². The number of furan rings is 1. The number of ether oxygens (including phenoxy) is 1. The zero-order chi connectivity index (χ0) is 14.4. The predicted octanol–water partition coefficient (Wildman–Crippen LogP) is 3.91. The van der Waals surface area contributed by atoms with Gasteiger partial charge in [0.25, 0.3) is 0 Å². The van der Waals surface area contributed by atoms with E-state index in [1.165, 1.54) is 0 Å². The maximum Gasteiger partial charge on any atom is 0.228 e. The fourth-order valence-corrected chi connectivity index (χ4v) is 2.79. The summed E-state index contributed by atoms with van der Waals surface area (Å²) in [6, 6.07) is 13.3. The third kappa shape index (κ3) is 1.93. The molecule has 0 atom stereocenters. The van der Waals surface area contributed by atoms with Gasteiger partial charge < -0.3 is 9.15 Å². The molecule has 0 amide bonds. The average molecular weight is 278 g/mol. The molecule has 0 aliphatic carbocycles. The van der Waals surface area contributed by atoms with E-state index in [-0.39, 0.29) is 5.78 Å². The molecule has 2 aromatic carbocycles. The van der Waals surface area contributed by atoms with Gasteiger partial charge >= 0.3 is 0 Å². The van der Waals surface area contributed by atoms with Crippen molar-refractivity contribution >= 4 is 16.8 Å². The molecular formula is C18H14O3. The molecule has 4 rings (SSSR count). The summed E-state index contributed by atoms with van der Waals surface area (Å²) in [4.78, 5) is 12.6. The first kappa shape index (κ1) is 12.2. The molecule has 21 heavy (non-hydrogen) atoms. The number of aryl methyl sites for hydroxylation is 1. The summed E-state index contributed by atoms with van der Waals surface area (Å²) < 4.78 is 11.2. The quantitative estimate of drug-likeness (QED) is 0.667. The van der Waals surface area contributed by atoms with Crippen molar-refractivity contribution in [2.24, 2.45) is 0 Å². The van der Waals surface area contributed by atoms with Gasteiger partial charge in [0.15, 0.2) is 5.76 Å². The molecule has 0 saturated carbocycles. The Hall–Kier alpha value is -2.55. The number of carbonyl (C=O) groups is 1. The van der Waals surface area contributed by atoms with E-state index in [4.69, 9.17) is 9.15 Å². The fraction of sp³-hybridized carbons (Fsp3) is 0.167. The first-order valence-corrected chi connectivity index (χ1v) is 7.02. The minimum atomic E-state index is -0.0831. The molecule has 1 aromatic heterocycles. The van der Waals surface area contributed by atoms with E-state index in [1.807, 2.05) is 43.3 Å². The zero-order valence-corrected chi connectivity index (χ0v) is 11.7. The Balaban J connectivity index is 1.77. The lowest BCUT2D eigenvalue weighted by atomic mass is 10.0. The number of hydrogen-bond acceptors (Lipinski definition) is 3. The van der Waals surface area contributed by atoms with Gasteiger partial charge in [-0.3, -0.25) is 4.79 Å². The van der Waals surface area contributed by atoms with E-state index >= 15 is 0 Å². The summed E-state index contributed by atoms with van der Waals surface area (Å²) in [6.07, 6.45) is 0.857. The van der Waals surface area contributed by atoms with Crippen LogP contribution < -0.4 is 4.74 Å². The van der Waals surface area contributed by atoms with E-state index < -0.39 is 0 Å². The molecule has 0 saturated heterocycles. The van der Waals surface area contributed by atoms with E-state index in [9.17, 15) is 4.79 Å². The molecule has 3 aromatic rings. The Morgan fingerprint density at radius 2 is 2.05 bits per heavy atom. The van der Waals surface area contributed by atoms with Crippen molar-refractivity contribution in [2.75, 3.05) is 6.61 Å². The Bertz CT molecular complexity index is 858. The first-order valence-electron chi connectivity index (χ1n) is 7.02. The summed E-state index contributed by atoms with van der Waals surface area (Å²) in [7, 11) is 0. The number of ketones is 1. The van der Waals surface area contributed by atoms with Gasteiger partial charge in [0.1, 0.15) is 11.3 Å². The first-order chi connectivity index (χ1) is 10.2. The molecule has 3 nitrogen and oxygen atoms in total. The number of benzene rings is 2. The molecule has 0 N–H and O–H groups in total. The van der Waals surface area contributed by atoms with Crippen LogP contribution in [0.1, 0.15) is 27.2 Å². The van der Waals surface area contributed by atoms with Gasteiger partial charge in [0.05, 0.1) is 6.61 Å². The lowest BCUT2D eigenvalue weighted by molar-refractivity contribution is 0.101. The van der Waals surface area contributed by atoms with Crippen LogP contribution in [0.3, 0.4) is 0 Å². The minimum absolute atomic E-state index is 0.0831. The van der Waals surface area contributed by atoms with Crippen LogP contribution >= 0.6 is 0 Å². The second-order valence-corrected chi connectivity index (χ2v) is 5.35. The molecule has 0 spiro atoms. The van der Waals surface area contributed by atoms with Crippen LogP contribution in [-0.4, -0.2) is 12.4 Å². The van der Waals surface area contributed by atoms with Crippen molar-refractivity contribution in [3.8, 4) is 5.75 Å². The predicted molar refractivity (Wildman–Crippen MR) is 80.0 cm³/mol. The van der Waals surface area contributed by atoms with Gasteiger partial charge in [-0.25, -0.2) is 0 Å². The Labute approximate surface area is 122 Å². The highest BCUT2D eigenvalue weighted by Gasteiger charge is 2.19. The van der Waals surface area contributed by atoms with Crippen LogP contribution in [0.25, 0.3) is 11.0 Å². The van der Waals surface area contributed by atoms with Crippen molar-refractivity contribution in [1.82, 2.24) is 0 Å². The molecule has 0 radical (unpaired) electrons. The van der Waals surface area contributed by atoms with Crippen LogP contribution in [0, 0.1) is 6.92 Å². The van der Waals surface area contributed by atoms with Crippen molar-refractivity contribution in [1.29, 1.82) is 0 Å². The highest BCUT2D eigenvalue weighted by atomic mass is 16.5. The summed E-state index contributed by atoms with van der Waals surface area (Å²) in [6.45, 7) is 2.67. The summed E-state index contributed by atoms with van der Waals surface area (Å²) in [5.74, 6) is 1.19. The standard InChI is InChI=1S/C18H14O3/c1-11-3-2-4-14-10-16(21-18(11)14)17(19)13-5-6-15-12(9-13)7-8-20-15/h2-6,9-10H,7-8H2,1H3. The smallest absolute Gasteiger partial charge is 0.228 e. The molecule has 104 valence electrons. The monoisotopic (exact) mass is 278 g/mol. The van der Waals surface area contributed by atoms with Crippen LogP contribution in [-0.2, 0) is 6.42 Å². The molecule has 0 fully saturated rings. The largest absolute Gasteiger partial charge is 0.493 e. The maximum atomic E-state index is 12.6. The Morgan fingerprint density at radius 3 is 2.90 bits per heavy atom. The molecule has 0 bridgehead atoms. The third-order valence-corrected chi connectivity index (χ3v) is 3.92. The second-order valence-electron chi connectivity index (χ2n) is 5.35. The van der Waals surface area contributed by atoms with Gasteiger partial charge in [0.2, 0.25) is 5.78 Å². The highest BCUT2D eigenvalue weighted by Crippen LogP contribution is 2.28. The molecule has 1 aliphatic rings. The number of carbonyl (C=O) groups excluding carboxylic acids is 1. The lowest BCUT2D eigenvalue weighted by Gasteiger charge is -2.01. The number of fused-ring (bicyclic) bond motifs is 2. The van der Waals surface area contributed by atoms with Gasteiger partial charge in [-0.1, -0.05) is 18.2 Å². The Morgan fingerprint density at radius 1 is 1.14 bits per heavy atom. The van der Waals surface area contributed by atoms with Gasteiger partial charge in [-0.15, -0.1) is 0 Å². The summed E-state index contributed by atoms with van der Waals surface area (Å²) >= 11 is 0. The SMILES string of the molecule is Cc1cccc2cc(C(=O)c3ccc4c(c3)CCO4)oc12. The third-order valence-electron chi connectivity index (χ3n) is 3.92. The van der Waals surface area contributed by atoms with Crippen molar-refractivity contribution in [3.05, 3.63) is 64.9 Å². The minimum Gasteiger partial charge on any atom is -0.493 e. The van der Waals surface area contributed by atoms with E-state index in [0.29, 0.717) is 17.9 Å². The van der Waals surface area contributed by atoms with Gasteiger partial charge in [-0.05, 0) is 42.3 Å². The normalized spacial score (nSPS) is 13.2. The maximum absolute atomic E-state index is 12.6. The van der Waals surface area contributed by atoms with E-state index in [1.54, 1.807) is 6.07 Å². The van der Waals surface area contributed by atoms with Crippen LogP contribution in [0.15, 0.2) is 46.9 Å². The van der Waals surface area contributed by atoms with E-state index in [0.717, 1.165) is 34.3 Å². The molecule has 0 unspecified atom stereocenters. The van der Waals surface area contributed by atoms with Gasteiger partial charge in [-0.2, -0.15) is 0 Å². The topological polar surface area (TPSA) is 39.4 Å². The molecule has 2 heterocycles. The van der Waals surface area contributed by atoms with E-state index in [2.05, 4.69) is 0 Å². The second kappa shape index (κ2) is 4.48. The summed E-state index contributed by atoms with van der Waals surface area (Å²) in [5, 5.41) is 0.961. The molecular weight excluding hydrogens is 264 g/mol. The number of rotatable bonds is 2. The lowest BCUT2D eigenvalue weighted by Crippen LogP contribution is -1.99. The Kier molecular flexibility index (Phi) is 2.61. The molecule has 1 aliphatic heterocycles. The number of hydrogen-bond donors (Lipinski definition) is 0. The van der Waals surface area contributed by atoms with Crippen LogP contribution in [0.4, 0.5) is 0 Å². The fourth-order valence-electron chi connectivity index (χ4n) is 2.79.